The van der Waals surface area contributed by atoms with Gasteiger partial charge in [-0.25, -0.2) is 4.39 Å². The van der Waals surface area contributed by atoms with Gasteiger partial charge in [0.05, 0.1) is 5.56 Å². The minimum absolute atomic E-state index is 0.0333. The molecule has 0 heterocycles. The van der Waals surface area contributed by atoms with Crippen molar-refractivity contribution in [3.8, 4) is 0 Å². The maximum Gasteiger partial charge on any atom is 0.260 e. The molecule has 0 atom stereocenters. The predicted molar refractivity (Wildman–Crippen MR) is 89.9 cm³/mol. The lowest BCUT2D eigenvalue weighted by Gasteiger charge is -2.10. The molecule has 0 spiro atoms. The summed E-state index contributed by atoms with van der Waals surface area (Å²) in [4.78, 5) is 23.3. The minimum Gasteiger partial charge on any atom is -0.355 e. The number of carbonyl (C=O) groups excluding carboxylic acids is 2. The fourth-order valence-electron chi connectivity index (χ4n) is 1.83. The smallest absolute Gasteiger partial charge is 0.260 e. The third kappa shape index (κ3) is 4.33. The number of thiocarbonyl (C=S) groups is 1. The van der Waals surface area contributed by atoms with E-state index in [1.807, 2.05) is 0 Å². The molecule has 2 amide bonds. The second kappa shape index (κ2) is 7.46. The molecule has 118 valence electrons. The van der Waals surface area contributed by atoms with E-state index in [1.54, 1.807) is 37.4 Å². The van der Waals surface area contributed by atoms with Gasteiger partial charge >= 0.3 is 0 Å². The Labute approximate surface area is 137 Å². The molecule has 7 heteroatoms. The van der Waals surface area contributed by atoms with Crippen LogP contribution < -0.4 is 16.0 Å². The molecule has 0 aliphatic rings. The van der Waals surface area contributed by atoms with E-state index in [0.29, 0.717) is 11.3 Å². The van der Waals surface area contributed by atoms with Crippen molar-refractivity contribution in [3.05, 3.63) is 65.5 Å². The summed E-state index contributed by atoms with van der Waals surface area (Å²) in [6.07, 6.45) is 0. The Morgan fingerprint density at radius 1 is 1.00 bits per heavy atom. The van der Waals surface area contributed by atoms with Crippen LogP contribution in [0.2, 0.25) is 0 Å². The van der Waals surface area contributed by atoms with E-state index in [2.05, 4.69) is 16.0 Å². The van der Waals surface area contributed by atoms with Gasteiger partial charge in [-0.05, 0) is 48.6 Å². The highest BCUT2D eigenvalue weighted by Crippen LogP contribution is 2.10. The van der Waals surface area contributed by atoms with Gasteiger partial charge in [0.2, 0.25) is 0 Å². The third-order valence-electron chi connectivity index (χ3n) is 2.98. The highest BCUT2D eigenvalue weighted by atomic mass is 32.1. The molecule has 5 nitrogen and oxygen atoms in total. The van der Waals surface area contributed by atoms with E-state index in [9.17, 15) is 14.0 Å². The normalized spacial score (nSPS) is 9.83. The Balaban J connectivity index is 1.98. The standard InChI is InChI=1S/C16H14FN3O2S/c1-18-14(21)10-6-8-11(9-7-10)19-16(23)20-15(22)12-4-2-3-5-13(12)17/h2-9H,1H3,(H,18,21)(H2,19,20,22,23). The monoisotopic (exact) mass is 331 g/mol. The average molecular weight is 331 g/mol. The third-order valence-corrected chi connectivity index (χ3v) is 3.18. The van der Waals surface area contributed by atoms with Crippen LogP contribution in [0.3, 0.4) is 0 Å². The van der Waals surface area contributed by atoms with Crippen molar-refractivity contribution >= 4 is 34.8 Å². The molecule has 0 radical (unpaired) electrons. The second-order valence-corrected chi connectivity index (χ2v) is 4.95. The lowest BCUT2D eigenvalue weighted by molar-refractivity contribution is 0.0958. The first kappa shape index (κ1) is 16.6. The molecule has 0 fully saturated rings. The number of hydrogen-bond acceptors (Lipinski definition) is 3. The number of halogens is 1. The van der Waals surface area contributed by atoms with E-state index >= 15 is 0 Å². The largest absolute Gasteiger partial charge is 0.355 e. The van der Waals surface area contributed by atoms with Gasteiger partial charge in [-0.1, -0.05) is 12.1 Å². The summed E-state index contributed by atoms with van der Waals surface area (Å²) in [5, 5.41) is 7.73. The van der Waals surface area contributed by atoms with Crippen molar-refractivity contribution in [1.29, 1.82) is 0 Å². The molecule has 23 heavy (non-hydrogen) atoms. The lowest BCUT2D eigenvalue weighted by atomic mass is 10.2. The van der Waals surface area contributed by atoms with Crippen LogP contribution in [0.25, 0.3) is 0 Å². The number of benzene rings is 2. The molecule has 2 aromatic rings. The number of rotatable bonds is 3. The molecule has 0 saturated heterocycles. The van der Waals surface area contributed by atoms with Crippen molar-refractivity contribution < 1.29 is 14.0 Å². The minimum atomic E-state index is -0.636. The Kier molecular flexibility index (Phi) is 5.37. The summed E-state index contributed by atoms with van der Waals surface area (Å²) in [5.41, 5.74) is 1.00. The van der Waals surface area contributed by atoms with Gasteiger partial charge in [0, 0.05) is 18.3 Å². The van der Waals surface area contributed by atoms with Gasteiger partial charge in [-0.15, -0.1) is 0 Å². The van der Waals surface area contributed by atoms with Crippen molar-refractivity contribution in [2.24, 2.45) is 0 Å². The van der Waals surface area contributed by atoms with Gasteiger partial charge in [-0.2, -0.15) is 0 Å². The summed E-state index contributed by atoms with van der Waals surface area (Å²) < 4.78 is 13.5. The molecule has 0 aliphatic heterocycles. The Morgan fingerprint density at radius 2 is 1.65 bits per heavy atom. The van der Waals surface area contributed by atoms with Gasteiger partial charge in [-0.3, -0.25) is 14.9 Å². The van der Waals surface area contributed by atoms with Crippen LogP contribution in [0.1, 0.15) is 20.7 Å². The molecule has 0 aromatic heterocycles. The molecule has 2 rings (SSSR count). The zero-order chi connectivity index (χ0) is 16.8. The summed E-state index contributed by atoms with van der Waals surface area (Å²) in [7, 11) is 1.54. The maximum absolute atomic E-state index is 13.5. The Morgan fingerprint density at radius 3 is 2.26 bits per heavy atom. The van der Waals surface area contributed by atoms with Crippen LogP contribution >= 0.6 is 12.2 Å². The van der Waals surface area contributed by atoms with E-state index in [4.69, 9.17) is 12.2 Å². The summed E-state index contributed by atoms with van der Waals surface area (Å²) in [5.74, 6) is -1.46. The van der Waals surface area contributed by atoms with Crippen LogP contribution in [0.15, 0.2) is 48.5 Å². The van der Waals surface area contributed by atoms with Gasteiger partial charge in [0.15, 0.2) is 5.11 Å². The zero-order valence-corrected chi connectivity index (χ0v) is 13.0. The summed E-state index contributed by atoms with van der Waals surface area (Å²) >= 11 is 5.02. The second-order valence-electron chi connectivity index (χ2n) is 4.54. The first-order valence-electron chi connectivity index (χ1n) is 6.70. The fraction of sp³-hybridized carbons (Fsp3) is 0.0625. The van der Waals surface area contributed by atoms with Gasteiger partial charge in [0.25, 0.3) is 11.8 Å². The highest BCUT2D eigenvalue weighted by Gasteiger charge is 2.12. The molecule has 3 N–H and O–H groups in total. The molecule has 0 aliphatic carbocycles. The van der Waals surface area contributed by atoms with Crippen LogP contribution in [-0.4, -0.2) is 24.0 Å². The molecular weight excluding hydrogens is 317 g/mol. The molecule has 0 saturated carbocycles. The van der Waals surface area contributed by atoms with Crippen molar-refractivity contribution in [1.82, 2.24) is 10.6 Å². The van der Waals surface area contributed by atoms with Crippen LogP contribution in [0.5, 0.6) is 0 Å². The number of amides is 2. The van der Waals surface area contributed by atoms with Gasteiger partial charge < -0.3 is 10.6 Å². The van der Waals surface area contributed by atoms with Crippen molar-refractivity contribution in [3.63, 3.8) is 0 Å². The molecule has 0 bridgehead atoms. The van der Waals surface area contributed by atoms with Crippen LogP contribution in [0.4, 0.5) is 10.1 Å². The highest BCUT2D eigenvalue weighted by molar-refractivity contribution is 7.80. The summed E-state index contributed by atoms with van der Waals surface area (Å²) in [6, 6.07) is 12.1. The van der Waals surface area contributed by atoms with Crippen LogP contribution in [-0.2, 0) is 0 Å². The number of hydrogen-bond donors (Lipinski definition) is 3. The SMILES string of the molecule is CNC(=O)c1ccc(NC(=S)NC(=O)c2ccccc2F)cc1. The first-order valence-corrected chi connectivity index (χ1v) is 7.11. The van der Waals surface area contributed by atoms with Crippen molar-refractivity contribution in [2.75, 3.05) is 12.4 Å². The van der Waals surface area contributed by atoms with E-state index < -0.39 is 11.7 Å². The summed E-state index contributed by atoms with van der Waals surface area (Å²) in [6.45, 7) is 0. The Hall–Kier alpha value is -2.80. The average Bonchev–Trinajstić information content (AvgIpc) is 2.55. The molecule has 2 aromatic carbocycles. The quantitative estimate of drug-likeness (QED) is 0.755. The van der Waals surface area contributed by atoms with E-state index in [0.717, 1.165) is 0 Å². The molecular formula is C16H14FN3O2S. The van der Waals surface area contributed by atoms with Crippen molar-refractivity contribution in [2.45, 2.75) is 0 Å². The molecule has 0 unspecified atom stereocenters. The zero-order valence-electron chi connectivity index (χ0n) is 12.2. The predicted octanol–water partition coefficient (Wildman–Crippen LogP) is 2.31. The fourth-order valence-corrected chi connectivity index (χ4v) is 2.04. The van der Waals surface area contributed by atoms with Gasteiger partial charge in [0.1, 0.15) is 5.82 Å². The number of nitrogens with one attached hydrogen (secondary N) is 3. The Bertz CT molecular complexity index is 747. The number of carbonyl (C=O) groups is 2. The topological polar surface area (TPSA) is 70.2 Å². The van der Waals surface area contributed by atoms with Crippen LogP contribution in [0, 0.1) is 5.82 Å². The number of anilines is 1. The maximum atomic E-state index is 13.5. The lowest BCUT2D eigenvalue weighted by Crippen LogP contribution is -2.34. The van der Waals surface area contributed by atoms with E-state index in [-0.39, 0.29) is 16.6 Å². The van der Waals surface area contributed by atoms with E-state index in [1.165, 1.54) is 18.2 Å². The first-order chi connectivity index (χ1) is 11.0.